The van der Waals surface area contributed by atoms with Crippen LogP contribution in [-0.2, 0) is 9.84 Å². The highest BCUT2D eigenvalue weighted by atomic mass is 32.2. The Labute approximate surface area is 194 Å². The summed E-state index contributed by atoms with van der Waals surface area (Å²) in [6, 6.07) is 17.6. The number of anilines is 2. The number of hydrogen-bond donors (Lipinski definition) is 1. The van der Waals surface area contributed by atoms with E-state index in [4.69, 9.17) is 10.5 Å². The van der Waals surface area contributed by atoms with E-state index in [0.29, 0.717) is 26.8 Å². The normalized spacial score (nSPS) is 11.3. The van der Waals surface area contributed by atoms with Crippen LogP contribution in [0.2, 0.25) is 0 Å². The van der Waals surface area contributed by atoms with Gasteiger partial charge < -0.3 is 10.5 Å². The summed E-state index contributed by atoms with van der Waals surface area (Å²) < 4.78 is 29.7. The summed E-state index contributed by atoms with van der Waals surface area (Å²) in [6.07, 6.45) is 1.13. The summed E-state index contributed by atoms with van der Waals surface area (Å²) in [5, 5.41) is 0.343. The monoisotopic (exact) mass is 481 g/mol. The number of thiazole rings is 1. The van der Waals surface area contributed by atoms with E-state index in [2.05, 4.69) is 4.98 Å². The van der Waals surface area contributed by atoms with Crippen molar-refractivity contribution in [3.63, 3.8) is 0 Å². The smallest absolute Gasteiger partial charge is 0.264 e. The van der Waals surface area contributed by atoms with Crippen molar-refractivity contribution >= 4 is 54.0 Å². The fourth-order valence-electron chi connectivity index (χ4n) is 3.20. The average molecular weight is 482 g/mol. The molecule has 0 fully saturated rings. The summed E-state index contributed by atoms with van der Waals surface area (Å²) in [5.41, 5.74) is 6.91. The van der Waals surface area contributed by atoms with Gasteiger partial charge in [0.1, 0.15) is 5.75 Å². The Bertz CT molecular complexity index is 1480. The van der Waals surface area contributed by atoms with E-state index in [1.165, 1.54) is 40.5 Å². The standard InChI is InChI=1S/C23H19N3O5S2/c1-31-17-8-6-16(7-9-17)26(22(28)15-5-3-4-14(12-15)21(24)27)23-25-19-11-10-18(33(2,29)30)13-20(19)32-23/h3-13H,1-2H3,(H2,24,27). The van der Waals surface area contributed by atoms with E-state index in [1.807, 2.05) is 0 Å². The molecule has 0 unspecified atom stereocenters. The Kier molecular flexibility index (Phi) is 5.88. The quantitative estimate of drug-likeness (QED) is 0.447. The average Bonchev–Trinajstić information content (AvgIpc) is 3.22. The zero-order valence-corrected chi connectivity index (χ0v) is 19.3. The second-order valence-corrected chi connectivity index (χ2v) is 10.2. The first-order chi connectivity index (χ1) is 15.7. The van der Waals surface area contributed by atoms with Crippen molar-refractivity contribution in [2.24, 2.45) is 5.73 Å². The molecule has 1 aromatic heterocycles. The van der Waals surface area contributed by atoms with Crippen molar-refractivity contribution in [2.45, 2.75) is 4.90 Å². The van der Waals surface area contributed by atoms with Crippen molar-refractivity contribution < 1.29 is 22.7 Å². The molecule has 0 spiro atoms. The Morgan fingerprint density at radius 2 is 1.70 bits per heavy atom. The first kappa shape index (κ1) is 22.4. The van der Waals surface area contributed by atoms with Crippen LogP contribution < -0.4 is 15.4 Å². The second kappa shape index (κ2) is 8.64. The number of hydrogen-bond acceptors (Lipinski definition) is 7. The first-order valence-electron chi connectivity index (χ1n) is 9.66. The van der Waals surface area contributed by atoms with Crippen molar-refractivity contribution in [1.82, 2.24) is 4.98 Å². The number of amides is 2. The van der Waals surface area contributed by atoms with E-state index in [9.17, 15) is 18.0 Å². The van der Waals surface area contributed by atoms with E-state index in [0.717, 1.165) is 6.26 Å². The number of carbonyl (C=O) groups excluding carboxylic acids is 2. The third-order valence-electron chi connectivity index (χ3n) is 4.90. The molecule has 0 aliphatic rings. The molecule has 8 nitrogen and oxygen atoms in total. The lowest BCUT2D eigenvalue weighted by Crippen LogP contribution is -2.26. The van der Waals surface area contributed by atoms with Crippen molar-refractivity contribution in [1.29, 1.82) is 0 Å². The van der Waals surface area contributed by atoms with Gasteiger partial charge in [0.2, 0.25) is 5.91 Å². The Balaban J connectivity index is 1.86. The van der Waals surface area contributed by atoms with Crippen LogP contribution in [0, 0.1) is 0 Å². The highest BCUT2D eigenvalue weighted by Crippen LogP contribution is 2.36. The Hall–Kier alpha value is -3.76. The van der Waals surface area contributed by atoms with Gasteiger partial charge in [-0.3, -0.25) is 14.5 Å². The van der Waals surface area contributed by atoms with Gasteiger partial charge in [-0.05, 0) is 60.7 Å². The predicted molar refractivity (Wildman–Crippen MR) is 127 cm³/mol. The molecule has 2 N–H and O–H groups in total. The summed E-state index contributed by atoms with van der Waals surface area (Å²) >= 11 is 1.18. The van der Waals surface area contributed by atoms with E-state index in [-0.39, 0.29) is 16.0 Å². The molecule has 0 aliphatic carbocycles. The van der Waals surface area contributed by atoms with Crippen LogP contribution in [-0.4, -0.2) is 38.6 Å². The van der Waals surface area contributed by atoms with Gasteiger partial charge in [0, 0.05) is 17.4 Å². The lowest BCUT2D eigenvalue weighted by Gasteiger charge is -2.20. The molecular formula is C23H19N3O5S2. The number of aromatic nitrogens is 1. The van der Waals surface area contributed by atoms with Gasteiger partial charge in [0.25, 0.3) is 5.91 Å². The Morgan fingerprint density at radius 1 is 1.00 bits per heavy atom. The molecule has 10 heteroatoms. The van der Waals surface area contributed by atoms with Gasteiger partial charge in [-0.15, -0.1) is 0 Å². The number of carbonyl (C=O) groups is 2. The number of ether oxygens (including phenoxy) is 1. The highest BCUT2D eigenvalue weighted by Gasteiger charge is 2.24. The molecule has 0 saturated heterocycles. The summed E-state index contributed by atoms with van der Waals surface area (Å²) in [7, 11) is -1.85. The number of nitrogens with zero attached hydrogens (tertiary/aromatic N) is 2. The van der Waals surface area contributed by atoms with Crippen molar-refractivity contribution in [3.05, 3.63) is 77.9 Å². The molecule has 0 radical (unpaired) electrons. The lowest BCUT2D eigenvalue weighted by molar-refractivity contribution is 0.0998. The minimum atomic E-state index is -3.40. The Morgan fingerprint density at radius 3 is 2.33 bits per heavy atom. The lowest BCUT2D eigenvalue weighted by atomic mass is 10.1. The SMILES string of the molecule is COc1ccc(N(C(=O)c2cccc(C(N)=O)c2)c2nc3ccc(S(C)(=O)=O)cc3s2)cc1. The zero-order chi connectivity index (χ0) is 23.8. The number of methoxy groups -OCH3 is 1. The van der Waals surface area contributed by atoms with Crippen LogP contribution >= 0.6 is 11.3 Å². The summed E-state index contributed by atoms with van der Waals surface area (Å²) in [4.78, 5) is 31.3. The number of primary amides is 1. The van der Waals surface area contributed by atoms with Crippen LogP contribution in [0.1, 0.15) is 20.7 Å². The third kappa shape index (κ3) is 4.57. The van der Waals surface area contributed by atoms with Gasteiger partial charge in [-0.1, -0.05) is 17.4 Å². The number of rotatable bonds is 6. The third-order valence-corrected chi connectivity index (χ3v) is 7.01. The highest BCUT2D eigenvalue weighted by molar-refractivity contribution is 7.90. The fourth-order valence-corrected chi connectivity index (χ4v) is 4.95. The first-order valence-corrected chi connectivity index (χ1v) is 12.4. The van der Waals surface area contributed by atoms with Gasteiger partial charge in [-0.2, -0.15) is 0 Å². The molecule has 3 aromatic carbocycles. The van der Waals surface area contributed by atoms with Crippen LogP contribution in [0.25, 0.3) is 10.2 Å². The minimum Gasteiger partial charge on any atom is -0.497 e. The van der Waals surface area contributed by atoms with Crippen LogP contribution in [0.4, 0.5) is 10.8 Å². The number of nitrogens with two attached hydrogens (primary N) is 1. The number of benzene rings is 3. The molecule has 1 heterocycles. The fraction of sp³-hybridized carbons (Fsp3) is 0.0870. The molecule has 4 rings (SSSR count). The molecule has 0 aliphatic heterocycles. The maximum atomic E-state index is 13.6. The predicted octanol–water partition coefficient (Wildman–Crippen LogP) is 3.79. The van der Waals surface area contributed by atoms with Gasteiger partial charge in [0.05, 0.1) is 27.9 Å². The van der Waals surface area contributed by atoms with Gasteiger partial charge in [0.15, 0.2) is 15.0 Å². The topological polar surface area (TPSA) is 120 Å². The largest absolute Gasteiger partial charge is 0.497 e. The summed E-state index contributed by atoms with van der Waals surface area (Å²) in [6.45, 7) is 0. The van der Waals surface area contributed by atoms with Gasteiger partial charge in [-0.25, -0.2) is 13.4 Å². The van der Waals surface area contributed by atoms with Crippen molar-refractivity contribution in [3.8, 4) is 5.75 Å². The molecule has 0 saturated carbocycles. The molecule has 168 valence electrons. The van der Waals surface area contributed by atoms with Crippen LogP contribution in [0.5, 0.6) is 5.75 Å². The molecule has 4 aromatic rings. The van der Waals surface area contributed by atoms with E-state index in [1.54, 1.807) is 49.6 Å². The van der Waals surface area contributed by atoms with Crippen LogP contribution in [0.15, 0.2) is 71.6 Å². The van der Waals surface area contributed by atoms with Gasteiger partial charge >= 0.3 is 0 Å². The maximum absolute atomic E-state index is 13.6. The van der Waals surface area contributed by atoms with Crippen molar-refractivity contribution in [2.75, 3.05) is 18.3 Å². The van der Waals surface area contributed by atoms with Crippen LogP contribution in [0.3, 0.4) is 0 Å². The second-order valence-electron chi connectivity index (χ2n) is 7.18. The molecular weight excluding hydrogens is 462 g/mol. The molecule has 0 bridgehead atoms. The number of sulfone groups is 1. The number of fused-ring (bicyclic) bond motifs is 1. The molecule has 33 heavy (non-hydrogen) atoms. The molecule has 2 amide bonds. The minimum absolute atomic E-state index is 0.168. The van der Waals surface area contributed by atoms with E-state index < -0.39 is 21.7 Å². The zero-order valence-electron chi connectivity index (χ0n) is 17.7. The molecule has 0 atom stereocenters. The summed E-state index contributed by atoms with van der Waals surface area (Å²) in [5.74, 6) is -0.455. The maximum Gasteiger partial charge on any atom is 0.264 e. The van der Waals surface area contributed by atoms with E-state index >= 15 is 0 Å².